The monoisotopic (exact) mass is 328 g/mol. The van der Waals surface area contributed by atoms with Gasteiger partial charge in [0.15, 0.2) is 0 Å². The molecule has 24 heavy (non-hydrogen) atoms. The van der Waals surface area contributed by atoms with E-state index in [9.17, 15) is 19.2 Å². The van der Waals surface area contributed by atoms with Crippen molar-refractivity contribution in [3.8, 4) is 0 Å². The summed E-state index contributed by atoms with van der Waals surface area (Å²) in [6.45, 7) is 0. The fraction of sp³-hybridized carbons (Fsp3) is 0.250. The minimum absolute atomic E-state index is 0.0764. The van der Waals surface area contributed by atoms with Gasteiger partial charge >= 0.3 is 5.69 Å². The number of amides is 2. The van der Waals surface area contributed by atoms with Crippen LogP contribution in [0.5, 0.6) is 0 Å². The van der Waals surface area contributed by atoms with Crippen LogP contribution in [0.25, 0.3) is 0 Å². The number of anilines is 2. The van der Waals surface area contributed by atoms with Crippen LogP contribution in [0.2, 0.25) is 0 Å². The molecule has 0 aliphatic carbocycles. The van der Waals surface area contributed by atoms with Gasteiger partial charge in [-0.1, -0.05) is 18.2 Å². The summed E-state index contributed by atoms with van der Waals surface area (Å²) >= 11 is 0. The maximum atomic E-state index is 12.6. The number of nitrogens with zero attached hydrogens (tertiary/aromatic N) is 2. The van der Waals surface area contributed by atoms with Gasteiger partial charge in [-0.25, -0.2) is 4.79 Å². The second-order valence-electron chi connectivity index (χ2n) is 5.63. The van der Waals surface area contributed by atoms with E-state index in [1.54, 1.807) is 24.3 Å². The van der Waals surface area contributed by atoms with Crippen molar-refractivity contribution in [3.63, 3.8) is 0 Å². The highest BCUT2D eigenvalue weighted by molar-refractivity contribution is 6.04. The van der Waals surface area contributed by atoms with E-state index in [0.29, 0.717) is 5.69 Å². The molecule has 0 saturated heterocycles. The first-order valence-electron chi connectivity index (χ1n) is 7.36. The molecule has 1 atom stereocenters. The number of carbonyl (C=O) groups is 2. The lowest BCUT2D eigenvalue weighted by Crippen LogP contribution is -2.45. The van der Waals surface area contributed by atoms with Crippen LogP contribution in [0.3, 0.4) is 0 Å². The lowest BCUT2D eigenvalue weighted by atomic mass is 9.92. The van der Waals surface area contributed by atoms with Crippen molar-refractivity contribution >= 4 is 23.3 Å². The highest BCUT2D eigenvalue weighted by Crippen LogP contribution is 2.29. The average molecular weight is 328 g/mol. The number of hydrogen-bond donors (Lipinski definition) is 2. The molecule has 1 aromatic heterocycles. The fourth-order valence-corrected chi connectivity index (χ4v) is 2.78. The summed E-state index contributed by atoms with van der Waals surface area (Å²) in [7, 11) is 2.78. The van der Waals surface area contributed by atoms with E-state index in [1.807, 2.05) is 6.07 Å². The molecule has 0 fully saturated rings. The second kappa shape index (κ2) is 5.80. The van der Waals surface area contributed by atoms with Crippen molar-refractivity contribution in [1.82, 2.24) is 9.13 Å². The van der Waals surface area contributed by atoms with Crippen LogP contribution in [0.1, 0.15) is 17.9 Å². The van der Waals surface area contributed by atoms with Gasteiger partial charge in [-0.05, 0) is 12.1 Å². The van der Waals surface area contributed by atoms with E-state index in [2.05, 4.69) is 10.6 Å². The third-order valence-electron chi connectivity index (χ3n) is 4.05. The largest absolute Gasteiger partial charge is 0.332 e. The Morgan fingerprint density at radius 1 is 1.12 bits per heavy atom. The third-order valence-corrected chi connectivity index (χ3v) is 4.05. The molecule has 8 nitrogen and oxygen atoms in total. The number of nitrogens with one attached hydrogen (secondary N) is 2. The van der Waals surface area contributed by atoms with Gasteiger partial charge in [0.2, 0.25) is 11.8 Å². The number of carbonyl (C=O) groups excluding carboxylic acids is 2. The maximum absolute atomic E-state index is 12.6. The van der Waals surface area contributed by atoms with Gasteiger partial charge in [-0.3, -0.25) is 23.5 Å². The summed E-state index contributed by atoms with van der Waals surface area (Å²) < 4.78 is 2.09. The maximum Gasteiger partial charge on any atom is 0.332 e. The second-order valence-corrected chi connectivity index (χ2v) is 5.63. The van der Waals surface area contributed by atoms with E-state index in [1.165, 1.54) is 14.1 Å². The summed E-state index contributed by atoms with van der Waals surface area (Å²) in [4.78, 5) is 49.0. The molecule has 0 spiro atoms. The third kappa shape index (κ3) is 2.51. The number of benzene rings is 1. The minimum Gasteiger partial charge on any atom is -0.326 e. The van der Waals surface area contributed by atoms with Crippen LogP contribution in [0, 0.1) is 0 Å². The molecule has 1 unspecified atom stereocenters. The Morgan fingerprint density at radius 2 is 1.79 bits per heavy atom. The van der Waals surface area contributed by atoms with Crippen molar-refractivity contribution in [1.29, 1.82) is 0 Å². The number of para-hydroxylation sites is 1. The number of hydrogen-bond acceptors (Lipinski definition) is 4. The van der Waals surface area contributed by atoms with E-state index in [0.717, 1.165) is 9.13 Å². The normalized spacial score (nSPS) is 16.2. The van der Waals surface area contributed by atoms with Crippen LogP contribution < -0.4 is 21.9 Å². The van der Waals surface area contributed by atoms with Crippen LogP contribution in [-0.4, -0.2) is 20.9 Å². The van der Waals surface area contributed by atoms with E-state index >= 15 is 0 Å². The van der Waals surface area contributed by atoms with E-state index in [4.69, 9.17) is 0 Å². The van der Waals surface area contributed by atoms with Crippen LogP contribution in [0.4, 0.5) is 11.5 Å². The van der Waals surface area contributed by atoms with Crippen molar-refractivity contribution in [2.45, 2.75) is 12.3 Å². The van der Waals surface area contributed by atoms with Gasteiger partial charge in [-0.15, -0.1) is 0 Å². The predicted octanol–water partition coefficient (Wildman–Crippen LogP) is 0.148. The SMILES string of the molecule is Cn1c2c(c(=O)n(C)c1=O)C(C(=O)Nc1ccccc1)CC(=O)N2. The van der Waals surface area contributed by atoms with Crippen LogP contribution >= 0.6 is 0 Å². The zero-order chi connectivity index (χ0) is 17.4. The molecular formula is C16H16N4O4. The summed E-state index contributed by atoms with van der Waals surface area (Å²) in [5.74, 6) is -1.76. The number of aromatic nitrogens is 2. The molecule has 0 radical (unpaired) electrons. The molecule has 2 heterocycles. The Hall–Kier alpha value is -3.16. The van der Waals surface area contributed by atoms with Crippen molar-refractivity contribution in [2.24, 2.45) is 14.1 Å². The Bertz CT molecular complexity index is 943. The average Bonchev–Trinajstić information content (AvgIpc) is 2.58. The van der Waals surface area contributed by atoms with Gasteiger partial charge in [-0.2, -0.15) is 0 Å². The summed E-state index contributed by atoms with van der Waals surface area (Å²) in [6, 6.07) is 8.76. The molecule has 1 aliphatic rings. The van der Waals surface area contributed by atoms with Crippen molar-refractivity contribution < 1.29 is 9.59 Å². The van der Waals surface area contributed by atoms with Gasteiger partial charge in [0.1, 0.15) is 5.82 Å². The standard InChI is InChI=1S/C16H16N4O4/c1-19-13-12(15(23)20(2)16(19)24)10(8-11(21)18-13)14(22)17-9-6-4-3-5-7-9/h3-7,10H,8H2,1-2H3,(H,17,22)(H,18,21). The molecule has 1 aromatic carbocycles. The van der Waals surface area contributed by atoms with Crippen molar-refractivity contribution in [2.75, 3.05) is 10.6 Å². The van der Waals surface area contributed by atoms with Crippen LogP contribution in [-0.2, 0) is 23.7 Å². The minimum atomic E-state index is -0.959. The van der Waals surface area contributed by atoms with Gasteiger partial charge in [0.25, 0.3) is 5.56 Å². The van der Waals surface area contributed by atoms with Crippen molar-refractivity contribution in [3.05, 3.63) is 56.7 Å². The highest BCUT2D eigenvalue weighted by atomic mass is 16.2. The molecule has 1 aliphatic heterocycles. The van der Waals surface area contributed by atoms with Gasteiger partial charge in [0, 0.05) is 26.2 Å². The number of rotatable bonds is 2. The molecule has 0 bridgehead atoms. The number of fused-ring (bicyclic) bond motifs is 1. The van der Waals surface area contributed by atoms with Gasteiger partial charge < -0.3 is 10.6 Å². The molecular weight excluding hydrogens is 312 g/mol. The quantitative estimate of drug-likeness (QED) is 0.819. The zero-order valence-corrected chi connectivity index (χ0v) is 13.2. The molecule has 0 saturated carbocycles. The van der Waals surface area contributed by atoms with E-state index < -0.39 is 29.0 Å². The Kier molecular flexibility index (Phi) is 3.80. The Morgan fingerprint density at radius 3 is 2.46 bits per heavy atom. The highest BCUT2D eigenvalue weighted by Gasteiger charge is 2.35. The Balaban J connectivity index is 2.09. The molecule has 124 valence electrons. The van der Waals surface area contributed by atoms with Crippen LogP contribution in [0.15, 0.2) is 39.9 Å². The lowest BCUT2D eigenvalue weighted by Gasteiger charge is -2.26. The Labute approximate surface area is 136 Å². The zero-order valence-electron chi connectivity index (χ0n) is 13.2. The summed E-state index contributed by atoms with van der Waals surface area (Å²) in [5.41, 5.74) is -0.464. The molecule has 2 aromatic rings. The molecule has 8 heteroatoms. The topological polar surface area (TPSA) is 102 Å². The predicted molar refractivity (Wildman–Crippen MR) is 88.0 cm³/mol. The first-order chi connectivity index (χ1) is 11.4. The summed E-state index contributed by atoms with van der Waals surface area (Å²) in [6.07, 6.45) is -0.154. The first kappa shape index (κ1) is 15.7. The summed E-state index contributed by atoms with van der Waals surface area (Å²) in [5, 5.41) is 5.22. The first-order valence-corrected chi connectivity index (χ1v) is 7.36. The molecule has 2 amide bonds. The van der Waals surface area contributed by atoms with Gasteiger partial charge in [0.05, 0.1) is 11.5 Å². The molecule has 2 N–H and O–H groups in total. The fourth-order valence-electron chi connectivity index (χ4n) is 2.78. The smallest absolute Gasteiger partial charge is 0.326 e. The lowest BCUT2D eigenvalue weighted by molar-refractivity contribution is -0.123. The van der Waals surface area contributed by atoms with E-state index in [-0.39, 0.29) is 17.8 Å². The molecule has 3 rings (SSSR count).